The third-order valence-electron chi connectivity index (χ3n) is 4.23. The van der Waals surface area contributed by atoms with E-state index in [1.807, 2.05) is 0 Å². The monoisotopic (exact) mass is 436 g/mol. The Hall–Kier alpha value is -3.26. The molecule has 0 saturated carbocycles. The lowest BCUT2D eigenvalue weighted by molar-refractivity contribution is -0.137. The maximum absolute atomic E-state index is 12.9. The van der Waals surface area contributed by atoms with E-state index in [0.29, 0.717) is 23.1 Å². The number of anilines is 1. The lowest BCUT2D eigenvalue weighted by atomic mass is 10.1. The Kier molecular flexibility index (Phi) is 6.17. The largest absolute Gasteiger partial charge is 0.483 e. The number of carbonyl (C=O) groups excluding carboxylic acids is 1. The van der Waals surface area contributed by atoms with Crippen molar-refractivity contribution in [2.45, 2.75) is 12.7 Å². The minimum absolute atomic E-state index is 0.0377. The van der Waals surface area contributed by atoms with E-state index >= 15 is 0 Å². The fourth-order valence-electron chi connectivity index (χ4n) is 2.83. The topological polar surface area (TPSA) is 60.3 Å². The molecule has 0 atom stereocenters. The molecule has 5 nitrogen and oxygen atoms in total. The van der Waals surface area contributed by atoms with Crippen molar-refractivity contribution in [3.8, 4) is 5.75 Å². The maximum Gasteiger partial charge on any atom is 0.416 e. The van der Waals surface area contributed by atoms with E-state index in [1.54, 1.807) is 36.5 Å². The van der Waals surface area contributed by atoms with E-state index in [1.165, 1.54) is 4.57 Å². The summed E-state index contributed by atoms with van der Waals surface area (Å²) in [6, 6.07) is 9.14. The van der Waals surface area contributed by atoms with Crippen LogP contribution in [0.25, 0.3) is 10.8 Å². The molecular formula is C21H16ClF3N2O3. The standard InChI is InChI=1S/C21H16ClF3N2O3/c1-2-9-27-10-8-14-15(20(27)29)4-3-5-18(14)30-12-19(28)26-17-11-13(21(23,24)25)6-7-16(17)22/h2-8,10-11H,1,9,12H2,(H,26,28). The minimum Gasteiger partial charge on any atom is -0.483 e. The molecule has 30 heavy (non-hydrogen) atoms. The number of hydrogen-bond acceptors (Lipinski definition) is 3. The Balaban J connectivity index is 1.77. The molecule has 0 bridgehead atoms. The summed E-state index contributed by atoms with van der Waals surface area (Å²) in [7, 11) is 0. The number of ether oxygens (including phenoxy) is 1. The summed E-state index contributed by atoms with van der Waals surface area (Å²) in [5.41, 5.74) is -1.35. The van der Waals surface area contributed by atoms with Crippen LogP contribution >= 0.6 is 11.6 Å². The number of hydrogen-bond donors (Lipinski definition) is 1. The highest BCUT2D eigenvalue weighted by Gasteiger charge is 2.31. The SMILES string of the molecule is C=CCn1ccc2c(OCC(=O)Nc3cc(C(F)(F)F)ccc3Cl)cccc2c1=O. The van der Waals surface area contributed by atoms with Crippen LogP contribution in [0.2, 0.25) is 5.02 Å². The molecule has 9 heteroatoms. The third-order valence-corrected chi connectivity index (χ3v) is 4.56. The van der Waals surface area contributed by atoms with Crippen molar-refractivity contribution in [3.05, 3.63) is 82.3 Å². The molecule has 1 N–H and O–H groups in total. The first-order valence-electron chi connectivity index (χ1n) is 8.73. The highest BCUT2D eigenvalue weighted by molar-refractivity contribution is 6.33. The number of carbonyl (C=O) groups is 1. The van der Waals surface area contributed by atoms with E-state index in [9.17, 15) is 22.8 Å². The number of halogens is 4. The molecule has 3 rings (SSSR count). The van der Waals surface area contributed by atoms with Crippen LogP contribution in [0.1, 0.15) is 5.56 Å². The van der Waals surface area contributed by atoms with Crippen molar-refractivity contribution in [2.75, 3.05) is 11.9 Å². The van der Waals surface area contributed by atoms with Crippen molar-refractivity contribution in [1.29, 1.82) is 0 Å². The number of aromatic nitrogens is 1. The molecule has 1 aromatic heterocycles. The van der Waals surface area contributed by atoms with Crippen LogP contribution in [-0.2, 0) is 17.5 Å². The molecule has 2 aromatic carbocycles. The van der Waals surface area contributed by atoms with Gasteiger partial charge in [-0.1, -0.05) is 23.7 Å². The number of rotatable bonds is 6. The Labute approximate surface area is 174 Å². The fourth-order valence-corrected chi connectivity index (χ4v) is 2.99. The Morgan fingerprint density at radius 2 is 1.97 bits per heavy atom. The van der Waals surface area contributed by atoms with E-state index in [-0.39, 0.29) is 16.3 Å². The van der Waals surface area contributed by atoms with Gasteiger partial charge in [0.05, 0.1) is 21.7 Å². The van der Waals surface area contributed by atoms with Gasteiger partial charge in [-0.2, -0.15) is 13.2 Å². The molecule has 0 aliphatic rings. The number of benzene rings is 2. The van der Waals surface area contributed by atoms with Crippen molar-refractivity contribution < 1.29 is 22.7 Å². The van der Waals surface area contributed by atoms with Crippen molar-refractivity contribution >= 4 is 34.0 Å². The summed E-state index contributed by atoms with van der Waals surface area (Å²) in [5, 5.41) is 3.18. The number of alkyl halides is 3. The molecule has 0 spiro atoms. The predicted molar refractivity (Wildman–Crippen MR) is 109 cm³/mol. The maximum atomic E-state index is 12.9. The molecule has 3 aromatic rings. The van der Waals surface area contributed by atoms with Crippen LogP contribution in [0, 0.1) is 0 Å². The average Bonchev–Trinajstić information content (AvgIpc) is 2.69. The molecular weight excluding hydrogens is 421 g/mol. The Bertz CT molecular complexity index is 1170. The molecule has 0 saturated heterocycles. The third kappa shape index (κ3) is 4.65. The highest BCUT2D eigenvalue weighted by Crippen LogP contribution is 2.33. The summed E-state index contributed by atoms with van der Waals surface area (Å²) in [6.45, 7) is 3.46. The van der Waals surface area contributed by atoms with Crippen LogP contribution in [-0.4, -0.2) is 17.1 Å². The second kappa shape index (κ2) is 8.62. The molecule has 1 amide bonds. The van der Waals surface area contributed by atoms with E-state index in [4.69, 9.17) is 16.3 Å². The molecule has 0 aliphatic heterocycles. The first-order chi connectivity index (χ1) is 14.2. The second-order valence-electron chi connectivity index (χ2n) is 6.31. The Morgan fingerprint density at radius 3 is 2.67 bits per heavy atom. The molecule has 0 aliphatic carbocycles. The van der Waals surface area contributed by atoms with Crippen molar-refractivity contribution in [3.63, 3.8) is 0 Å². The van der Waals surface area contributed by atoms with Gasteiger partial charge in [0.25, 0.3) is 11.5 Å². The van der Waals surface area contributed by atoms with Crippen molar-refractivity contribution in [2.24, 2.45) is 0 Å². The van der Waals surface area contributed by atoms with Crippen molar-refractivity contribution in [1.82, 2.24) is 4.57 Å². The van der Waals surface area contributed by atoms with Gasteiger partial charge in [0, 0.05) is 18.1 Å². The number of nitrogens with one attached hydrogen (secondary N) is 1. The quantitative estimate of drug-likeness (QED) is 0.560. The van der Waals surface area contributed by atoms with Crippen LogP contribution < -0.4 is 15.6 Å². The van der Waals surface area contributed by atoms with E-state index in [0.717, 1.165) is 18.2 Å². The van der Waals surface area contributed by atoms with Gasteiger partial charge in [0.15, 0.2) is 6.61 Å². The molecule has 156 valence electrons. The summed E-state index contributed by atoms with van der Waals surface area (Å²) >= 11 is 5.88. The van der Waals surface area contributed by atoms with Gasteiger partial charge in [-0.3, -0.25) is 9.59 Å². The minimum atomic E-state index is -4.57. The first-order valence-corrected chi connectivity index (χ1v) is 9.11. The zero-order chi connectivity index (χ0) is 21.9. The van der Waals surface area contributed by atoms with Crippen LogP contribution in [0.4, 0.5) is 18.9 Å². The molecule has 0 fully saturated rings. The lowest BCUT2D eigenvalue weighted by Gasteiger charge is -2.13. The summed E-state index contributed by atoms with van der Waals surface area (Å²) in [6.07, 6.45) is -1.39. The highest BCUT2D eigenvalue weighted by atomic mass is 35.5. The normalized spacial score (nSPS) is 11.3. The number of fused-ring (bicyclic) bond motifs is 1. The smallest absolute Gasteiger partial charge is 0.416 e. The van der Waals surface area contributed by atoms with Crippen LogP contribution in [0.5, 0.6) is 5.75 Å². The van der Waals surface area contributed by atoms with E-state index in [2.05, 4.69) is 11.9 Å². The number of pyridine rings is 1. The molecule has 0 unspecified atom stereocenters. The summed E-state index contributed by atoms with van der Waals surface area (Å²) in [5.74, 6) is -0.408. The number of allylic oxidation sites excluding steroid dienone is 1. The van der Waals surface area contributed by atoms with Gasteiger partial charge in [-0.05, 0) is 36.4 Å². The van der Waals surface area contributed by atoms with Gasteiger partial charge in [-0.15, -0.1) is 6.58 Å². The van der Waals surface area contributed by atoms with Gasteiger partial charge >= 0.3 is 6.18 Å². The summed E-state index contributed by atoms with van der Waals surface area (Å²) in [4.78, 5) is 24.7. The number of nitrogens with zero attached hydrogens (tertiary/aromatic N) is 1. The van der Waals surface area contributed by atoms with E-state index < -0.39 is 24.3 Å². The summed E-state index contributed by atoms with van der Waals surface area (Å²) < 4.78 is 45.5. The van der Waals surface area contributed by atoms with Crippen LogP contribution in [0.3, 0.4) is 0 Å². The first kappa shape index (κ1) is 21.4. The zero-order valence-electron chi connectivity index (χ0n) is 15.5. The molecule has 0 radical (unpaired) electrons. The average molecular weight is 437 g/mol. The lowest BCUT2D eigenvalue weighted by Crippen LogP contribution is -2.21. The second-order valence-corrected chi connectivity index (χ2v) is 6.72. The number of amides is 1. The Morgan fingerprint density at radius 1 is 1.20 bits per heavy atom. The van der Waals surface area contributed by atoms with Crippen LogP contribution in [0.15, 0.2) is 66.1 Å². The zero-order valence-corrected chi connectivity index (χ0v) is 16.3. The van der Waals surface area contributed by atoms with Gasteiger partial charge < -0.3 is 14.6 Å². The predicted octanol–water partition coefficient (Wildman–Crippen LogP) is 4.88. The molecule has 1 heterocycles. The fraction of sp³-hybridized carbons (Fsp3) is 0.143. The van der Waals surface area contributed by atoms with Gasteiger partial charge in [-0.25, -0.2) is 0 Å². The van der Waals surface area contributed by atoms with Gasteiger partial charge in [0.2, 0.25) is 0 Å². The van der Waals surface area contributed by atoms with Gasteiger partial charge in [0.1, 0.15) is 5.75 Å².